The van der Waals surface area contributed by atoms with Gasteiger partial charge in [0.15, 0.2) is 0 Å². The summed E-state index contributed by atoms with van der Waals surface area (Å²) in [5.74, 6) is 7.60. The number of nitrogens with two attached hydrogens (primary N) is 1. The minimum atomic E-state index is -0.349. The fraction of sp³-hybridized carbons (Fsp3) is 0.364. The average Bonchev–Trinajstić information content (AvgIpc) is 2.26. The molecule has 0 aliphatic carbocycles. The molecule has 4 heteroatoms. The number of nitrogens with one attached hydrogen (secondary N) is 1. The predicted octanol–water partition coefficient (Wildman–Crippen LogP) is 1.53. The number of nitrogens with zero attached hydrogens (tertiary/aromatic N) is 1. The van der Waals surface area contributed by atoms with Gasteiger partial charge in [-0.2, -0.15) is 0 Å². The van der Waals surface area contributed by atoms with Gasteiger partial charge in [-0.1, -0.05) is 0 Å². The van der Waals surface area contributed by atoms with Gasteiger partial charge < -0.3 is 0 Å². The Morgan fingerprint density at radius 1 is 1.60 bits per heavy atom. The number of hydrogen-bond acceptors (Lipinski definition) is 3. The summed E-state index contributed by atoms with van der Waals surface area (Å²) < 4.78 is 12.6. The van der Waals surface area contributed by atoms with Crippen molar-refractivity contribution in [1.29, 1.82) is 0 Å². The Bertz CT molecular complexity index is 329. The van der Waals surface area contributed by atoms with Crippen LogP contribution in [0.2, 0.25) is 0 Å². The molecular weight excluding hydrogens is 193 g/mol. The fourth-order valence-corrected chi connectivity index (χ4v) is 1.32. The molecule has 0 spiro atoms. The van der Waals surface area contributed by atoms with Gasteiger partial charge in [0.25, 0.3) is 0 Å². The van der Waals surface area contributed by atoms with Crippen molar-refractivity contribution in [3.63, 3.8) is 0 Å². The summed E-state index contributed by atoms with van der Waals surface area (Å²) in [4.78, 5) is 3.96. The molecule has 80 valence electrons. The van der Waals surface area contributed by atoms with Crippen molar-refractivity contribution >= 4 is 0 Å². The number of hydrazine groups is 1. The first-order valence-electron chi connectivity index (χ1n) is 4.79. The van der Waals surface area contributed by atoms with Crippen molar-refractivity contribution in [1.82, 2.24) is 10.4 Å². The maximum atomic E-state index is 12.6. The van der Waals surface area contributed by atoms with Crippen LogP contribution in [0.4, 0.5) is 4.39 Å². The number of terminal acetylenes is 1. The monoisotopic (exact) mass is 207 g/mol. The molecule has 15 heavy (non-hydrogen) atoms. The lowest BCUT2D eigenvalue weighted by molar-refractivity contribution is 0.489. The Morgan fingerprint density at radius 3 is 2.93 bits per heavy atom. The molecule has 0 saturated heterocycles. The Hall–Kier alpha value is -1.44. The zero-order chi connectivity index (χ0) is 11.1. The van der Waals surface area contributed by atoms with Gasteiger partial charge in [-0.25, -0.2) is 4.39 Å². The topological polar surface area (TPSA) is 50.9 Å². The van der Waals surface area contributed by atoms with Crippen LogP contribution in [-0.4, -0.2) is 4.98 Å². The summed E-state index contributed by atoms with van der Waals surface area (Å²) >= 11 is 0. The second kappa shape index (κ2) is 6.12. The first-order valence-corrected chi connectivity index (χ1v) is 4.79. The summed E-state index contributed by atoms with van der Waals surface area (Å²) in [6.07, 6.45) is 8.69. The van der Waals surface area contributed by atoms with Crippen LogP contribution in [0.3, 0.4) is 0 Å². The quantitative estimate of drug-likeness (QED) is 0.333. The van der Waals surface area contributed by atoms with Crippen molar-refractivity contribution in [3.05, 3.63) is 29.8 Å². The van der Waals surface area contributed by atoms with E-state index < -0.39 is 0 Å². The summed E-state index contributed by atoms with van der Waals surface area (Å²) in [6, 6.07) is 2.92. The van der Waals surface area contributed by atoms with Gasteiger partial charge in [-0.05, 0) is 25.0 Å². The third-order valence-electron chi connectivity index (χ3n) is 2.12. The summed E-state index contributed by atoms with van der Waals surface area (Å²) in [5, 5.41) is 0. The molecule has 3 N–H and O–H groups in total. The summed E-state index contributed by atoms with van der Waals surface area (Å²) in [5.41, 5.74) is 3.38. The maximum Gasteiger partial charge on any atom is 0.141 e. The molecule has 1 aromatic rings. The van der Waals surface area contributed by atoms with E-state index in [2.05, 4.69) is 16.3 Å². The number of halogens is 1. The molecule has 0 radical (unpaired) electrons. The van der Waals surface area contributed by atoms with Gasteiger partial charge in [-0.15, -0.1) is 12.3 Å². The van der Waals surface area contributed by atoms with E-state index in [1.165, 1.54) is 12.3 Å². The van der Waals surface area contributed by atoms with E-state index in [9.17, 15) is 4.39 Å². The van der Waals surface area contributed by atoms with Crippen molar-refractivity contribution in [2.24, 2.45) is 5.84 Å². The highest BCUT2D eigenvalue weighted by Gasteiger charge is 2.10. The molecule has 0 fully saturated rings. The smallest absolute Gasteiger partial charge is 0.141 e. The molecule has 1 rings (SSSR count). The molecule has 0 saturated carbocycles. The predicted molar refractivity (Wildman–Crippen MR) is 56.9 cm³/mol. The maximum absolute atomic E-state index is 12.6. The normalized spacial score (nSPS) is 12.1. The fourth-order valence-electron chi connectivity index (χ4n) is 1.32. The van der Waals surface area contributed by atoms with E-state index in [1.807, 2.05) is 0 Å². The minimum absolute atomic E-state index is 0.0704. The summed E-state index contributed by atoms with van der Waals surface area (Å²) in [6.45, 7) is 0. The molecule has 0 amide bonds. The van der Waals surface area contributed by atoms with Gasteiger partial charge in [-0.3, -0.25) is 16.3 Å². The van der Waals surface area contributed by atoms with Crippen molar-refractivity contribution < 1.29 is 4.39 Å². The molecule has 1 aromatic heterocycles. The Balaban J connectivity index is 2.58. The van der Waals surface area contributed by atoms with Crippen molar-refractivity contribution in [2.45, 2.75) is 25.3 Å². The van der Waals surface area contributed by atoms with E-state index in [-0.39, 0.29) is 11.9 Å². The van der Waals surface area contributed by atoms with E-state index >= 15 is 0 Å². The first-order chi connectivity index (χ1) is 7.27. The molecule has 0 aliphatic heterocycles. The minimum Gasteiger partial charge on any atom is -0.271 e. The van der Waals surface area contributed by atoms with Gasteiger partial charge in [0.1, 0.15) is 5.82 Å². The van der Waals surface area contributed by atoms with Gasteiger partial charge in [0, 0.05) is 6.42 Å². The molecule has 1 atom stereocenters. The van der Waals surface area contributed by atoms with Crippen LogP contribution in [0.15, 0.2) is 18.3 Å². The second-order valence-corrected chi connectivity index (χ2v) is 3.22. The first kappa shape index (κ1) is 11.6. The second-order valence-electron chi connectivity index (χ2n) is 3.22. The molecule has 0 aromatic carbocycles. The number of aromatic nitrogens is 1. The summed E-state index contributed by atoms with van der Waals surface area (Å²) in [7, 11) is 0. The SMILES string of the molecule is C#CCCCC(NN)c1ccc(F)cn1. The van der Waals surface area contributed by atoms with Crippen LogP contribution < -0.4 is 11.3 Å². The number of pyridine rings is 1. The zero-order valence-corrected chi connectivity index (χ0v) is 8.41. The standard InChI is InChI=1S/C11H14FN3/c1-2-3-4-5-11(15-13)10-7-6-9(12)8-14-10/h1,6-8,11,15H,3-5,13H2. The Morgan fingerprint density at radius 2 is 2.40 bits per heavy atom. The Labute approximate surface area is 88.9 Å². The van der Waals surface area contributed by atoms with Crippen LogP contribution >= 0.6 is 0 Å². The van der Waals surface area contributed by atoms with E-state index in [1.54, 1.807) is 6.07 Å². The lowest BCUT2D eigenvalue weighted by Gasteiger charge is -2.14. The van der Waals surface area contributed by atoms with Crippen molar-refractivity contribution in [2.75, 3.05) is 0 Å². The molecule has 3 nitrogen and oxygen atoms in total. The average molecular weight is 207 g/mol. The van der Waals surface area contributed by atoms with Gasteiger partial charge >= 0.3 is 0 Å². The van der Waals surface area contributed by atoms with E-state index in [4.69, 9.17) is 12.3 Å². The van der Waals surface area contributed by atoms with Crippen LogP contribution in [0.5, 0.6) is 0 Å². The van der Waals surface area contributed by atoms with Crippen LogP contribution in [0.1, 0.15) is 31.0 Å². The Kier molecular flexibility index (Phi) is 4.75. The molecule has 1 heterocycles. The van der Waals surface area contributed by atoms with Gasteiger partial charge in [0.05, 0.1) is 17.9 Å². The lowest BCUT2D eigenvalue weighted by atomic mass is 10.1. The number of rotatable bonds is 5. The molecular formula is C11H14FN3. The third-order valence-corrected chi connectivity index (χ3v) is 2.12. The highest BCUT2D eigenvalue weighted by molar-refractivity contribution is 5.09. The highest BCUT2D eigenvalue weighted by atomic mass is 19.1. The van der Waals surface area contributed by atoms with Gasteiger partial charge in [0.2, 0.25) is 0 Å². The largest absolute Gasteiger partial charge is 0.271 e. The number of hydrogen-bond donors (Lipinski definition) is 2. The third kappa shape index (κ3) is 3.66. The molecule has 0 aliphatic rings. The van der Waals surface area contributed by atoms with E-state index in [0.717, 1.165) is 18.5 Å². The lowest BCUT2D eigenvalue weighted by Crippen LogP contribution is -2.28. The number of unbranched alkanes of at least 4 members (excludes halogenated alkanes) is 1. The van der Waals surface area contributed by atoms with Crippen LogP contribution in [0.25, 0.3) is 0 Å². The van der Waals surface area contributed by atoms with Crippen LogP contribution in [0, 0.1) is 18.2 Å². The zero-order valence-electron chi connectivity index (χ0n) is 8.41. The molecule has 0 bridgehead atoms. The highest BCUT2D eigenvalue weighted by Crippen LogP contribution is 2.16. The van der Waals surface area contributed by atoms with Crippen molar-refractivity contribution in [3.8, 4) is 12.3 Å². The van der Waals surface area contributed by atoms with Crippen LogP contribution in [-0.2, 0) is 0 Å². The van der Waals surface area contributed by atoms with E-state index in [0.29, 0.717) is 6.42 Å². The molecule has 1 unspecified atom stereocenters.